The van der Waals surface area contributed by atoms with Crippen LogP contribution in [0, 0.1) is 17.2 Å². The molecule has 0 spiro atoms. The van der Waals surface area contributed by atoms with Crippen molar-refractivity contribution in [1.29, 1.82) is 5.26 Å². The highest BCUT2D eigenvalue weighted by atomic mass is 16.1. The molecule has 2 atom stereocenters. The third-order valence-corrected chi connectivity index (χ3v) is 5.89. The first-order chi connectivity index (χ1) is 13.7. The maximum Gasteiger partial charge on any atom is 0.262 e. The molecule has 1 amide bonds. The van der Waals surface area contributed by atoms with Gasteiger partial charge in [0, 0.05) is 6.04 Å². The van der Waals surface area contributed by atoms with Crippen LogP contribution in [0.3, 0.4) is 0 Å². The van der Waals surface area contributed by atoms with E-state index in [-0.39, 0.29) is 17.5 Å². The van der Waals surface area contributed by atoms with Crippen molar-refractivity contribution >= 4 is 33.5 Å². The maximum absolute atomic E-state index is 12.9. The van der Waals surface area contributed by atoms with Crippen LogP contribution in [0.1, 0.15) is 38.2 Å². The normalized spacial score (nSPS) is 20.1. The number of carbonyl (C=O) groups excluding carboxylic acids is 1. The van der Waals surface area contributed by atoms with Gasteiger partial charge in [0.1, 0.15) is 11.6 Å². The van der Waals surface area contributed by atoms with E-state index < -0.39 is 0 Å². The van der Waals surface area contributed by atoms with Gasteiger partial charge in [-0.25, -0.2) is 0 Å². The summed E-state index contributed by atoms with van der Waals surface area (Å²) < 4.78 is 0. The van der Waals surface area contributed by atoms with Gasteiger partial charge in [0.05, 0.1) is 0 Å². The van der Waals surface area contributed by atoms with Gasteiger partial charge in [-0.15, -0.1) is 0 Å². The Morgan fingerprint density at radius 1 is 1.04 bits per heavy atom. The zero-order valence-electron chi connectivity index (χ0n) is 16.1. The van der Waals surface area contributed by atoms with Crippen LogP contribution in [0.4, 0.5) is 0 Å². The molecule has 3 aromatic rings. The molecule has 4 rings (SSSR count). The number of nitrogens with zero attached hydrogens (tertiary/aromatic N) is 1. The van der Waals surface area contributed by atoms with Crippen molar-refractivity contribution in [3.05, 3.63) is 65.7 Å². The minimum atomic E-state index is -0.265. The third kappa shape index (κ3) is 3.51. The van der Waals surface area contributed by atoms with Gasteiger partial charge in [-0.1, -0.05) is 68.3 Å². The average molecular weight is 368 g/mol. The summed E-state index contributed by atoms with van der Waals surface area (Å²) in [5, 5.41) is 17.1. The van der Waals surface area contributed by atoms with E-state index in [1.165, 1.54) is 6.42 Å². The predicted octanol–water partition coefficient (Wildman–Crippen LogP) is 5.59. The lowest BCUT2D eigenvalue weighted by atomic mass is 9.86. The molecule has 140 valence electrons. The summed E-state index contributed by atoms with van der Waals surface area (Å²) >= 11 is 0. The molecule has 1 fully saturated rings. The van der Waals surface area contributed by atoms with Crippen LogP contribution in [0.25, 0.3) is 27.6 Å². The van der Waals surface area contributed by atoms with Crippen LogP contribution >= 0.6 is 0 Å². The zero-order chi connectivity index (χ0) is 19.5. The highest BCUT2D eigenvalue weighted by Gasteiger charge is 2.24. The lowest BCUT2D eigenvalue weighted by molar-refractivity contribution is -0.118. The highest BCUT2D eigenvalue weighted by molar-refractivity contribution is 6.11. The summed E-state index contributed by atoms with van der Waals surface area (Å²) in [6, 6.07) is 20.7. The number of benzene rings is 3. The number of nitriles is 1. The lowest BCUT2D eigenvalue weighted by Gasteiger charge is -2.29. The Bertz CT molecular complexity index is 1050. The van der Waals surface area contributed by atoms with E-state index in [0.717, 1.165) is 46.4 Å². The molecule has 1 saturated carbocycles. The Morgan fingerprint density at radius 3 is 2.25 bits per heavy atom. The molecule has 1 aliphatic rings. The molecule has 0 heterocycles. The topological polar surface area (TPSA) is 52.9 Å². The first-order valence-electron chi connectivity index (χ1n) is 10.0. The van der Waals surface area contributed by atoms with Crippen LogP contribution in [0.5, 0.6) is 0 Å². The summed E-state index contributed by atoms with van der Waals surface area (Å²) in [5.41, 5.74) is 1.09. The molecule has 0 saturated heterocycles. The molecular weight excluding hydrogens is 344 g/mol. The average Bonchev–Trinajstić information content (AvgIpc) is 2.72. The number of carbonyl (C=O) groups is 1. The second kappa shape index (κ2) is 7.86. The Morgan fingerprint density at radius 2 is 1.64 bits per heavy atom. The minimum absolute atomic E-state index is 0.155. The van der Waals surface area contributed by atoms with Crippen LogP contribution in [-0.2, 0) is 4.79 Å². The van der Waals surface area contributed by atoms with Crippen LogP contribution in [0.2, 0.25) is 0 Å². The van der Waals surface area contributed by atoms with E-state index in [1.807, 2.05) is 36.4 Å². The van der Waals surface area contributed by atoms with Gasteiger partial charge in [-0.2, -0.15) is 5.26 Å². The van der Waals surface area contributed by atoms with Crippen molar-refractivity contribution in [2.24, 2.45) is 5.92 Å². The number of hydrogen-bond acceptors (Lipinski definition) is 2. The predicted molar refractivity (Wildman–Crippen MR) is 115 cm³/mol. The second-order valence-electron chi connectivity index (χ2n) is 7.74. The molecule has 0 bridgehead atoms. The fraction of sp³-hybridized carbons (Fsp3) is 0.280. The first-order valence-corrected chi connectivity index (χ1v) is 10.0. The van der Waals surface area contributed by atoms with Crippen molar-refractivity contribution < 1.29 is 4.79 Å². The van der Waals surface area contributed by atoms with Gasteiger partial charge >= 0.3 is 0 Å². The summed E-state index contributed by atoms with van der Waals surface area (Å²) in [4.78, 5) is 12.9. The van der Waals surface area contributed by atoms with Crippen LogP contribution in [0.15, 0.2) is 60.2 Å². The SMILES string of the molecule is CC1CCCCC1NC(=O)C(C#N)=Cc1c2ccccc2cc2ccccc12. The maximum atomic E-state index is 12.9. The monoisotopic (exact) mass is 368 g/mol. The fourth-order valence-corrected chi connectivity index (χ4v) is 4.27. The number of amides is 1. The third-order valence-electron chi connectivity index (χ3n) is 5.89. The molecule has 3 heteroatoms. The van der Waals surface area contributed by atoms with E-state index in [4.69, 9.17) is 0 Å². The summed E-state index contributed by atoms with van der Waals surface area (Å²) in [7, 11) is 0. The van der Waals surface area contributed by atoms with Crippen molar-refractivity contribution in [2.45, 2.75) is 38.6 Å². The van der Waals surface area contributed by atoms with E-state index in [1.54, 1.807) is 6.08 Å². The van der Waals surface area contributed by atoms with Gasteiger partial charge in [-0.3, -0.25) is 4.79 Å². The van der Waals surface area contributed by atoms with E-state index in [9.17, 15) is 10.1 Å². The van der Waals surface area contributed by atoms with Gasteiger partial charge in [0.15, 0.2) is 0 Å². The first kappa shape index (κ1) is 18.3. The van der Waals surface area contributed by atoms with Crippen molar-refractivity contribution in [3.63, 3.8) is 0 Å². The van der Waals surface area contributed by atoms with E-state index in [0.29, 0.717) is 5.92 Å². The summed E-state index contributed by atoms with van der Waals surface area (Å²) in [5.74, 6) is 0.189. The van der Waals surface area contributed by atoms with Gasteiger partial charge in [-0.05, 0) is 58.0 Å². The summed E-state index contributed by atoms with van der Waals surface area (Å²) in [6.07, 6.45) is 6.23. The van der Waals surface area contributed by atoms with Crippen molar-refractivity contribution in [1.82, 2.24) is 5.32 Å². The number of nitrogens with one attached hydrogen (secondary N) is 1. The Hall–Kier alpha value is -3.12. The molecule has 0 aromatic heterocycles. The molecule has 3 nitrogen and oxygen atoms in total. The second-order valence-corrected chi connectivity index (χ2v) is 7.74. The Kier molecular flexibility index (Phi) is 5.12. The van der Waals surface area contributed by atoms with Crippen LogP contribution in [-0.4, -0.2) is 11.9 Å². The molecule has 2 unspecified atom stereocenters. The van der Waals surface area contributed by atoms with Gasteiger partial charge < -0.3 is 5.32 Å². The Labute approximate surface area is 165 Å². The van der Waals surface area contributed by atoms with Gasteiger partial charge in [0.2, 0.25) is 0 Å². The largest absolute Gasteiger partial charge is 0.348 e. The molecule has 1 N–H and O–H groups in total. The Balaban J connectivity index is 1.78. The highest BCUT2D eigenvalue weighted by Crippen LogP contribution is 2.30. The molecule has 3 aromatic carbocycles. The minimum Gasteiger partial charge on any atom is -0.348 e. The van der Waals surface area contributed by atoms with Crippen LogP contribution < -0.4 is 5.32 Å². The van der Waals surface area contributed by atoms with E-state index in [2.05, 4.69) is 36.5 Å². The number of hydrogen-bond donors (Lipinski definition) is 1. The van der Waals surface area contributed by atoms with Crippen molar-refractivity contribution in [3.8, 4) is 6.07 Å². The molecule has 28 heavy (non-hydrogen) atoms. The fourth-order valence-electron chi connectivity index (χ4n) is 4.27. The van der Waals surface area contributed by atoms with Gasteiger partial charge in [0.25, 0.3) is 5.91 Å². The molecule has 1 aliphatic carbocycles. The zero-order valence-corrected chi connectivity index (χ0v) is 16.1. The lowest BCUT2D eigenvalue weighted by Crippen LogP contribution is -2.41. The quantitative estimate of drug-likeness (QED) is 0.372. The number of rotatable bonds is 3. The van der Waals surface area contributed by atoms with E-state index >= 15 is 0 Å². The number of fused-ring (bicyclic) bond motifs is 2. The molecule has 0 aliphatic heterocycles. The molecular formula is C25H24N2O. The smallest absolute Gasteiger partial charge is 0.262 e. The summed E-state index contributed by atoms with van der Waals surface area (Å²) in [6.45, 7) is 2.18. The molecule has 0 radical (unpaired) electrons. The van der Waals surface area contributed by atoms with Crippen molar-refractivity contribution in [2.75, 3.05) is 0 Å². The standard InChI is InChI=1S/C25H24N2O/c1-17-8-2-7-13-24(17)27-25(28)20(16-26)15-23-21-11-5-3-9-18(21)14-19-10-4-6-12-22(19)23/h3-6,9-12,14-15,17,24H,2,7-8,13H2,1H3,(H,27,28).